The lowest BCUT2D eigenvalue weighted by Gasteiger charge is -2.60. The van der Waals surface area contributed by atoms with Crippen molar-refractivity contribution in [3.8, 4) is 0 Å². The molecule has 27 rings (SSSR count). The maximum Gasteiger partial charge on any atom is 0.322 e. The van der Waals surface area contributed by atoms with Crippen LogP contribution in [0.3, 0.4) is 0 Å². The maximum absolute atomic E-state index is 14.3. The number of Topliss-reactive ketones (excluding diaryl/α,β-unsaturated/α-hetero) is 2. The van der Waals surface area contributed by atoms with E-state index in [4.69, 9.17) is 0 Å². The number of rotatable bonds is 24. The molecule has 842 valence electrons. The fraction of sp³-hybridized carbons (Fsp3) is 0.846. The number of piperidine rings is 1. The van der Waals surface area contributed by atoms with Crippen molar-refractivity contribution in [2.24, 2.45) is 128 Å². The quantitative estimate of drug-likeness (QED) is 0.0947. The van der Waals surface area contributed by atoms with E-state index in [1.165, 1.54) is 207 Å². The third-order valence-electron chi connectivity index (χ3n) is 42.4. The van der Waals surface area contributed by atoms with Crippen molar-refractivity contribution < 1.29 is 95.0 Å². The van der Waals surface area contributed by atoms with Crippen LogP contribution in [0, 0.1) is 128 Å². The Morgan fingerprint density at radius 2 is 0.713 bits per heavy atom. The van der Waals surface area contributed by atoms with Gasteiger partial charge < -0.3 is 29.4 Å². The lowest BCUT2D eigenvalue weighted by Crippen LogP contribution is -2.62. The molecule has 5 atom stereocenters. The molecule has 5 unspecified atom stereocenters. The minimum atomic E-state index is -3.34. The fourth-order valence-electron chi connectivity index (χ4n) is 37.9. The first-order valence-electron chi connectivity index (χ1n) is 59.9. The van der Waals surface area contributed by atoms with Crippen LogP contribution in [-0.2, 0) is 40.0 Å². The number of alkyl halides is 14. The van der Waals surface area contributed by atoms with E-state index in [-0.39, 0.29) is 58.3 Å². The molecule has 150 heavy (non-hydrogen) atoms. The Bertz CT molecular complexity index is 4630. The van der Waals surface area contributed by atoms with Gasteiger partial charge in [-0.25, -0.2) is 0 Å². The number of hydrogen-bond acceptors (Lipinski definition) is 8. The van der Waals surface area contributed by atoms with E-state index < -0.39 is 82.6 Å². The number of hydrogen-bond donors (Lipinski definition) is 0. The molecule has 0 N–H and O–H groups in total. The van der Waals surface area contributed by atoms with Gasteiger partial charge in [-0.1, -0.05) is 133 Å². The number of ketones is 2. The molecule has 18 bridgehead atoms. The molecule has 2 aromatic rings. The number of aryl methyl sites for hydroxylation is 1. The number of anilines is 2. The second-order valence-electron chi connectivity index (χ2n) is 54.7. The molecule has 0 aromatic heterocycles. The fourth-order valence-corrected chi connectivity index (χ4v) is 37.9. The summed E-state index contributed by atoms with van der Waals surface area (Å²) in [4.78, 5) is 94.6. The number of para-hydroxylation sites is 2. The molecule has 23 saturated carbocycles. The van der Waals surface area contributed by atoms with Crippen molar-refractivity contribution in [1.29, 1.82) is 0 Å². The summed E-state index contributed by atoms with van der Waals surface area (Å²) in [7, 11) is 1.59. The zero-order valence-electron chi connectivity index (χ0n) is 91.7. The molecular formula is C123H180F14N6O7. The van der Waals surface area contributed by atoms with Gasteiger partial charge in [0.1, 0.15) is 0 Å². The van der Waals surface area contributed by atoms with E-state index in [2.05, 4.69) is 0 Å². The van der Waals surface area contributed by atoms with E-state index in [0.717, 1.165) is 252 Å². The zero-order chi connectivity index (χ0) is 107. The van der Waals surface area contributed by atoms with E-state index in [1.807, 2.05) is 42.5 Å². The standard InChI is InChI=1S/C25H37F2NO.C23H38F2O.C20H25F2NO.C16H25F2NO.C14H21F2NO.C13H15F2NO.C12H19F2NO/c1-23(26,27)22(29)28(14-24-8-16-2-17(9-24)4-18(3-16)10-24)15-25-11-19-5-20(12-25)7-21(6-19)13-25;1-22(24,25)21(26)17-23(18-11-5-2-6-12-18,19-13-7-3-8-14-19)20-15-9-4-10-16-20;1-19(21,22)18(24)23(17-5-3-2-4-6-17)13-20-10-14-7-15(11-20)9-16(8-14)12-20;1-16(17,18)15(20)19(13-5-3-2-4-6-13)14-10-11-7-8-12(14)9-11;1-13(15,16)12(18)17(2)14-6-9-3-10(7-14)5-11(4-9)8-14;1-13(14,15)12(17)9-16-8-4-6-10-5-2-3-7-11(10)16;1-12(13,14)11(16)15-8-4-6-9-5-2-3-7-10(9)15/h16-21H,2-15H2,1H3;18-20H,2-17H2,1H3;2-6,14-16H,7-13H2,1H3;11-14H,2-10H2,1H3;9-11H,3-8H2,1-2H3;2-3,5,7H,4,6,8-9H2,1H3;9-10H,2-8H2,1H3. The van der Waals surface area contributed by atoms with Crippen molar-refractivity contribution in [2.45, 2.75) is 480 Å². The highest BCUT2D eigenvalue weighted by atomic mass is 19.3. The van der Waals surface area contributed by atoms with Crippen LogP contribution in [0.15, 0.2) is 54.6 Å². The van der Waals surface area contributed by atoms with Crippen LogP contribution in [-0.4, -0.2) is 172 Å². The Balaban J connectivity index is 0.000000120. The van der Waals surface area contributed by atoms with Gasteiger partial charge in [0.25, 0.3) is 29.5 Å². The highest BCUT2D eigenvalue weighted by Gasteiger charge is 2.62. The Hall–Kier alpha value is -6.05. The second kappa shape index (κ2) is 46.5. The van der Waals surface area contributed by atoms with Crippen molar-refractivity contribution in [3.05, 3.63) is 60.2 Å². The number of likely N-dealkylation sites (tertiary alicyclic amines) is 1. The van der Waals surface area contributed by atoms with Gasteiger partial charge in [0.15, 0.2) is 0 Å². The summed E-state index contributed by atoms with van der Waals surface area (Å²) >= 11 is 0. The predicted octanol–water partition coefficient (Wildman–Crippen LogP) is 30.7. The van der Waals surface area contributed by atoms with E-state index >= 15 is 0 Å². The molecule has 13 nitrogen and oxygen atoms in total. The lowest BCUT2D eigenvalue weighted by atomic mass is 9.48. The average Bonchev–Trinajstić information content (AvgIpc) is 0.955. The first-order valence-corrected chi connectivity index (χ1v) is 59.9. The lowest BCUT2D eigenvalue weighted by molar-refractivity contribution is -0.170. The molecule has 2 aliphatic heterocycles. The van der Waals surface area contributed by atoms with Gasteiger partial charge in [0, 0.05) is 130 Å². The summed E-state index contributed by atoms with van der Waals surface area (Å²) in [6.45, 7) is 7.85. The number of carbonyl (C=O) groups is 7. The summed E-state index contributed by atoms with van der Waals surface area (Å²) in [5.74, 6) is -17.2. The number of benzene rings is 2. The molecule has 23 aliphatic carbocycles. The summed E-state index contributed by atoms with van der Waals surface area (Å²) in [6, 6.07) is 16.9. The van der Waals surface area contributed by atoms with Crippen LogP contribution < -0.4 is 9.80 Å². The molecular weight excluding hydrogens is 1940 g/mol. The average molecular weight is 2120 g/mol. The molecule has 27 heteroatoms. The van der Waals surface area contributed by atoms with Crippen LogP contribution in [0.25, 0.3) is 0 Å². The SMILES string of the molecule is CC(F)(F)C(=O)CC(C1CCCCC1)(C1CCCCC1)C1CCCCC1.CC(F)(F)C(=O)CN1CCCc2ccccc21.CC(F)(F)C(=O)N(C1CCCCC1)C1CC2CCC1C2.CC(F)(F)C(=O)N(CC12CC3CC(CC(C3)C1)C2)CC12CC3CC(CC(C3)C1)C2.CC(F)(F)C(=O)N(CC12CC3CC(CC(C3)C1)C2)c1ccccc1.CC(F)(F)C(=O)N1CCCC2CCCCC21.CN(C(=O)C(C)(F)F)C12CC3CC(CC(C3)C1)C2. The van der Waals surface area contributed by atoms with Gasteiger partial charge in [-0.05, 0) is 415 Å². The third kappa shape index (κ3) is 27.0. The van der Waals surface area contributed by atoms with Gasteiger partial charge in [0.05, 0.1) is 6.54 Å². The van der Waals surface area contributed by atoms with Crippen molar-refractivity contribution in [1.82, 2.24) is 19.6 Å². The van der Waals surface area contributed by atoms with Crippen LogP contribution in [0.1, 0.15) is 414 Å². The summed E-state index contributed by atoms with van der Waals surface area (Å²) in [5, 5.41) is 0. The predicted molar refractivity (Wildman–Crippen MR) is 559 cm³/mol. The van der Waals surface area contributed by atoms with E-state index in [0.29, 0.717) is 119 Å². The number of amides is 5. The Kier molecular flexibility index (Phi) is 35.6. The summed E-state index contributed by atoms with van der Waals surface area (Å²) in [5.41, 5.74) is 2.56. The van der Waals surface area contributed by atoms with Gasteiger partial charge in [0.2, 0.25) is 11.6 Å². The highest BCUT2D eigenvalue weighted by Crippen LogP contribution is 2.67. The number of fused-ring (bicyclic) bond motifs is 4. The van der Waals surface area contributed by atoms with Crippen molar-refractivity contribution in [3.63, 3.8) is 0 Å². The molecule has 1 saturated heterocycles. The third-order valence-corrected chi connectivity index (χ3v) is 42.4. The molecule has 2 aromatic carbocycles. The molecule has 5 amide bonds. The van der Waals surface area contributed by atoms with Gasteiger partial charge in [-0.15, -0.1) is 0 Å². The number of halogens is 14. The second-order valence-corrected chi connectivity index (χ2v) is 54.7. The number of carbonyl (C=O) groups excluding carboxylic acids is 7. The Labute approximate surface area is 886 Å². The van der Waals surface area contributed by atoms with Gasteiger partial charge in [-0.3, -0.25) is 33.6 Å². The summed E-state index contributed by atoms with van der Waals surface area (Å²) in [6.07, 6.45) is 65.0. The summed E-state index contributed by atoms with van der Waals surface area (Å²) < 4.78 is 190. The van der Waals surface area contributed by atoms with E-state index in [1.54, 1.807) is 33.9 Å². The molecule has 2 heterocycles. The van der Waals surface area contributed by atoms with Crippen LogP contribution in [0.2, 0.25) is 0 Å². The maximum atomic E-state index is 14.3. The smallest absolute Gasteiger partial charge is 0.322 e. The monoisotopic (exact) mass is 2120 g/mol. The Morgan fingerprint density at radius 1 is 0.333 bits per heavy atom. The Morgan fingerprint density at radius 3 is 1.11 bits per heavy atom. The minimum Gasteiger partial charge on any atom is -0.364 e. The highest BCUT2D eigenvalue weighted by molar-refractivity contribution is 5.98. The van der Waals surface area contributed by atoms with Gasteiger partial charge >= 0.3 is 41.5 Å². The first-order chi connectivity index (χ1) is 70.7. The molecule has 0 radical (unpaired) electrons. The molecule has 25 aliphatic rings. The van der Waals surface area contributed by atoms with Crippen molar-refractivity contribution in [2.75, 3.05) is 56.1 Å². The van der Waals surface area contributed by atoms with Gasteiger partial charge in [-0.2, -0.15) is 61.5 Å². The normalized spacial score (nSPS) is 34.2. The van der Waals surface area contributed by atoms with Crippen LogP contribution >= 0.6 is 0 Å². The first kappa shape index (κ1) is 115. The van der Waals surface area contributed by atoms with E-state index in [9.17, 15) is 95.0 Å². The zero-order valence-corrected chi connectivity index (χ0v) is 91.7. The van der Waals surface area contributed by atoms with Crippen molar-refractivity contribution >= 4 is 52.5 Å². The molecule has 0 spiro atoms. The molecule has 24 fully saturated rings. The largest absolute Gasteiger partial charge is 0.364 e. The van der Waals surface area contributed by atoms with Crippen LogP contribution in [0.4, 0.5) is 72.8 Å². The van der Waals surface area contributed by atoms with Crippen LogP contribution in [0.5, 0.6) is 0 Å². The number of nitrogens with zero attached hydrogens (tertiary/aromatic N) is 6. The topological polar surface area (TPSA) is 139 Å². The minimum absolute atomic E-state index is 0.0471.